The number of ether oxygens (including phenoxy) is 1. The van der Waals surface area contributed by atoms with Crippen molar-refractivity contribution in [1.29, 1.82) is 0 Å². The van der Waals surface area contributed by atoms with E-state index in [-0.39, 0.29) is 6.04 Å². The van der Waals surface area contributed by atoms with Gasteiger partial charge in [-0.05, 0) is 45.4 Å². The summed E-state index contributed by atoms with van der Waals surface area (Å²) in [6.07, 6.45) is 4.36. The number of nitrogens with two attached hydrogens (primary N) is 1. The standard InChI is InChI=1S/C12H13BrN2OS/c1-16-11-2-3-17-12(11)10(14)5-8-4-9(13)7-15-6-8/h2-4,6-7,10H,5,14H2,1H3. The molecule has 1 atom stereocenters. The van der Waals surface area contributed by atoms with Crippen molar-refractivity contribution < 1.29 is 4.74 Å². The maximum absolute atomic E-state index is 6.19. The Balaban J connectivity index is 2.14. The molecule has 5 heteroatoms. The van der Waals surface area contributed by atoms with Gasteiger partial charge in [0.1, 0.15) is 5.75 Å². The molecule has 0 bridgehead atoms. The topological polar surface area (TPSA) is 48.1 Å². The summed E-state index contributed by atoms with van der Waals surface area (Å²) in [7, 11) is 1.67. The highest BCUT2D eigenvalue weighted by molar-refractivity contribution is 9.10. The number of halogens is 1. The van der Waals surface area contributed by atoms with Crippen molar-refractivity contribution in [2.24, 2.45) is 5.73 Å². The molecule has 0 radical (unpaired) electrons. The van der Waals surface area contributed by atoms with E-state index in [1.54, 1.807) is 24.6 Å². The van der Waals surface area contributed by atoms with Crippen LogP contribution in [0.1, 0.15) is 16.5 Å². The molecule has 17 heavy (non-hydrogen) atoms. The molecule has 1 unspecified atom stereocenters. The van der Waals surface area contributed by atoms with E-state index >= 15 is 0 Å². The molecule has 0 saturated carbocycles. The zero-order chi connectivity index (χ0) is 12.3. The maximum atomic E-state index is 6.19. The predicted octanol–water partition coefficient (Wildman–Crippen LogP) is 3.16. The van der Waals surface area contributed by atoms with Crippen LogP contribution >= 0.6 is 27.3 Å². The van der Waals surface area contributed by atoms with Gasteiger partial charge < -0.3 is 10.5 Å². The van der Waals surface area contributed by atoms with Crippen LogP contribution in [0.4, 0.5) is 0 Å². The zero-order valence-corrected chi connectivity index (χ0v) is 11.8. The Bertz CT molecular complexity index is 501. The van der Waals surface area contributed by atoms with Crippen molar-refractivity contribution >= 4 is 27.3 Å². The van der Waals surface area contributed by atoms with E-state index in [0.29, 0.717) is 0 Å². The first-order valence-electron chi connectivity index (χ1n) is 5.17. The van der Waals surface area contributed by atoms with E-state index in [0.717, 1.165) is 27.1 Å². The number of hydrogen-bond acceptors (Lipinski definition) is 4. The fraction of sp³-hybridized carbons (Fsp3) is 0.250. The van der Waals surface area contributed by atoms with Crippen molar-refractivity contribution in [3.63, 3.8) is 0 Å². The Morgan fingerprint density at radius 1 is 1.53 bits per heavy atom. The second-order valence-corrected chi connectivity index (χ2v) is 5.54. The smallest absolute Gasteiger partial charge is 0.134 e. The molecule has 3 nitrogen and oxygen atoms in total. The molecule has 0 amide bonds. The van der Waals surface area contributed by atoms with Crippen molar-refractivity contribution in [2.45, 2.75) is 12.5 Å². The van der Waals surface area contributed by atoms with Gasteiger partial charge in [-0.3, -0.25) is 4.98 Å². The number of pyridine rings is 1. The summed E-state index contributed by atoms with van der Waals surface area (Å²) in [5.74, 6) is 0.866. The molecule has 0 aliphatic carbocycles. The van der Waals surface area contributed by atoms with Gasteiger partial charge in [0, 0.05) is 22.9 Å². The molecule has 2 aromatic rings. The molecule has 0 aliphatic heterocycles. The van der Waals surface area contributed by atoms with Gasteiger partial charge in [0.15, 0.2) is 0 Å². The second-order valence-electron chi connectivity index (χ2n) is 3.68. The van der Waals surface area contributed by atoms with Crippen molar-refractivity contribution in [3.05, 3.63) is 44.8 Å². The molecule has 0 aromatic carbocycles. The number of rotatable bonds is 4. The van der Waals surface area contributed by atoms with Gasteiger partial charge in [0.05, 0.1) is 12.0 Å². The number of methoxy groups -OCH3 is 1. The fourth-order valence-electron chi connectivity index (χ4n) is 1.66. The minimum atomic E-state index is -0.0546. The van der Waals surface area contributed by atoms with Gasteiger partial charge in [-0.25, -0.2) is 0 Å². The van der Waals surface area contributed by atoms with Crippen LogP contribution in [0, 0.1) is 0 Å². The molecule has 2 aromatic heterocycles. The zero-order valence-electron chi connectivity index (χ0n) is 9.39. The van der Waals surface area contributed by atoms with Gasteiger partial charge >= 0.3 is 0 Å². The van der Waals surface area contributed by atoms with Gasteiger partial charge in [-0.1, -0.05) is 0 Å². The average Bonchev–Trinajstić information content (AvgIpc) is 2.77. The van der Waals surface area contributed by atoms with Crippen LogP contribution in [-0.2, 0) is 6.42 Å². The first kappa shape index (κ1) is 12.5. The largest absolute Gasteiger partial charge is 0.496 e. The SMILES string of the molecule is COc1ccsc1C(N)Cc1cncc(Br)c1. The summed E-state index contributed by atoms with van der Waals surface area (Å²) in [5.41, 5.74) is 7.30. The lowest BCUT2D eigenvalue weighted by Gasteiger charge is -2.11. The molecule has 90 valence electrons. The Labute approximate surface area is 113 Å². The lowest BCUT2D eigenvalue weighted by Crippen LogP contribution is -2.12. The van der Waals surface area contributed by atoms with E-state index in [2.05, 4.69) is 20.9 Å². The van der Waals surface area contributed by atoms with Gasteiger partial charge in [-0.15, -0.1) is 11.3 Å². The third-order valence-electron chi connectivity index (χ3n) is 2.43. The molecule has 2 rings (SSSR count). The minimum Gasteiger partial charge on any atom is -0.496 e. The predicted molar refractivity (Wildman–Crippen MR) is 73.4 cm³/mol. The molecule has 0 saturated heterocycles. The van der Waals surface area contributed by atoms with Gasteiger partial charge in [0.25, 0.3) is 0 Å². The first-order valence-corrected chi connectivity index (χ1v) is 6.84. The Hall–Kier alpha value is -0.910. The Morgan fingerprint density at radius 2 is 2.35 bits per heavy atom. The molecule has 2 N–H and O–H groups in total. The molecule has 0 aliphatic rings. The van der Waals surface area contributed by atoms with Crippen molar-refractivity contribution in [1.82, 2.24) is 4.98 Å². The molecule has 2 heterocycles. The fourth-order valence-corrected chi connectivity index (χ4v) is 2.94. The van der Waals surface area contributed by atoms with E-state index in [9.17, 15) is 0 Å². The normalized spacial score (nSPS) is 12.4. The number of aromatic nitrogens is 1. The molecule has 0 fully saturated rings. The highest BCUT2D eigenvalue weighted by Crippen LogP contribution is 2.31. The summed E-state index contributed by atoms with van der Waals surface area (Å²) in [6.45, 7) is 0. The Kier molecular flexibility index (Phi) is 4.15. The lowest BCUT2D eigenvalue weighted by atomic mass is 10.1. The first-order chi connectivity index (χ1) is 8.20. The quantitative estimate of drug-likeness (QED) is 0.943. The van der Waals surface area contributed by atoms with Gasteiger partial charge in [0.2, 0.25) is 0 Å². The average molecular weight is 313 g/mol. The monoisotopic (exact) mass is 312 g/mol. The second kappa shape index (κ2) is 5.62. The third-order valence-corrected chi connectivity index (χ3v) is 3.89. The van der Waals surface area contributed by atoms with Crippen LogP contribution in [0.5, 0.6) is 5.75 Å². The third kappa shape index (κ3) is 3.06. The van der Waals surface area contributed by atoms with Crippen LogP contribution in [0.15, 0.2) is 34.4 Å². The summed E-state index contributed by atoms with van der Waals surface area (Å²) in [6, 6.07) is 3.92. The van der Waals surface area contributed by atoms with Crippen molar-refractivity contribution in [2.75, 3.05) is 7.11 Å². The highest BCUT2D eigenvalue weighted by Gasteiger charge is 2.14. The van der Waals surface area contributed by atoms with E-state index in [4.69, 9.17) is 10.5 Å². The summed E-state index contributed by atoms with van der Waals surface area (Å²) in [5, 5.41) is 1.99. The van der Waals surface area contributed by atoms with Crippen LogP contribution in [0.25, 0.3) is 0 Å². The maximum Gasteiger partial charge on any atom is 0.134 e. The number of thiophene rings is 1. The minimum absolute atomic E-state index is 0.0546. The Morgan fingerprint density at radius 3 is 3.06 bits per heavy atom. The molecular weight excluding hydrogens is 300 g/mol. The summed E-state index contributed by atoms with van der Waals surface area (Å²) < 4.78 is 6.25. The van der Waals surface area contributed by atoms with Crippen LogP contribution < -0.4 is 10.5 Å². The number of hydrogen-bond donors (Lipinski definition) is 1. The van der Waals surface area contributed by atoms with Gasteiger partial charge in [-0.2, -0.15) is 0 Å². The van der Waals surface area contributed by atoms with Crippen molar-refractivity contribution in [3.8, 4) is 5.75 Å². The summed E-state index contributed by atoms with van der Waals surface area (Å²) in [4.78, 5) is 5.21. The summed E-state index contributed by atoms with van der Waals surface area (Å²) >= 11 is 5.03. The van der Waals surface area contributed by atoms with Crippen LogP contribution in [-0.4, -0.2) is 12.1 Å². The number of nitrogens with zero attached hydrogens (tertiary/aromatic N) is 1. The van der Waals surface area contributed by atoms with E-state index < -0.39 is 0 Å². The van der Waals surface area contributed by atoms with Crippen LogP contribution in [0.3, 0.4) is 0 Å². The molecular formula is C12H13BrN2OS. The highest BCUT2D eigenvalue weighted by atomic mass is 79.9. The van der Waals surface area contributed by atoms with E-state index in [1.165, 1.54) is 0 Å². The van der Waals surface area contributed by atoms with E-state index in [1.807, 2.05) is 23.7 Å². The molecule has 0 spiro atoms. The van der Waals surface area contributed by atoms with Crippen LogP contribution in [0.2, 0.25) is 0 Å². The lowest BCUT2D eigenvalue weighted by molar-refractivity contribution is 0.409.